The standard InChI is InChI=1S/C16H13Cl2NO3/c1-10-4-2-5-11(8-10)16(21)22-9-14(20)19-15-12(17)6-3-7-13(15)18/h2-8H,9H2,1H3,(H,19,20). The fraction of sp³-hybridized carbons (Fsp3) is 0.125. The molecule has 0 radical (unpaired) electrons. The number of hydrogen-bond acceptors (Lipinski definition) is 3. The molecule has 0 spiro atoms. The van der Waals surface area contributed by atoms with Gasteiger partial charge in [-0.1, -0.05) is 47.0 Å². The van der Waals surface area contributed by atoms with Gasteiger partial charge in [-0.05, 0) is 31.2 Å². The predicted octanol–water partition coefficient (Wildman–Crippen LogP) is 4.10. The lowest BCUT2D eigenvalue weighted by molar-refractivity contribution is -0.119. The average Bonchev–Trinajstić information content (AvgIpc) is 2.48. The predicted molar refractivity (Wildman–Crippen MR) is 86.6 cm³/mol. The summed E-state index contributed by atoms with van der Waals surface area (Å²) in [6.07, 6.45) is 0. The van der Waals surface area contributed by atoms with Crippen molar-refractivity contribution in [2.45, 2.75) is 6.92 Å². The molecule has 0 aliphatic carbocycles. The number of para-hydroxylation sites is 1. The third kappa shape index (κ3) is 4.23. The average molecular weight is 338 g/mol. The normalized spacial score (nSPS) is 10.1. The number of carbonyl (C=O) groups is 2. The summed E-state index contributed by atoms with van der Waals surface area (Å²) in [5.41, 5.74) is 1.62. The van der Waals surface area contributed by atoms with Gasteiger partial charge in [-0.2, -0.15) is 0 Å². The van der Waals surface area contributed by atoms with Gasteiger partial charge in [0.25, 0.3) is 5.91 Å². The van der Waals surface area contributed by atoms with Crippen LogP contribution in [0.2, 0.25) is 10.0 Å². The molecular formula is C16H13Cl2NO3. The molecule has 4 nitrogen and oxygen atoms in total. The molecule has 0 aliphatic rings. The van der Waals surface area contributed by atoms with Crippen LogP contribution in [-0.2, 0) is 9.53 Å². The van der Waals surface area contributed by atoms with E-state index in [1.54, 1.807) is 36.4 Å². The Morgan fingerprint density at radius 1 is 1.09 bits per heavy atom. The van der Waals surface area contributed by atoms with Gasteiger partial charge in [-0.3, -0.25) is 4.79 Å². The summed E-state index contributed by atoms with van der Waals surface area (Å²) < 4.78 is 4.96. The van der Waals surface area contributed by atoms with Crippen LogP contribution in [0, 0.1) is 6.92 Å². The van der Waals surface area contributed by atoms with E-state index in [1.165, 1.54) is 0 Å². The van der Waals surface area contributed by atoms with Crippen molar-refractivity contribution in [1.29, 1.82) is 0 Å². The summed E-state index contributed by atoms with van der Waals surface area (Å²) in [4.78, 5) is 23.6. The first-order valence-corrected chi connectivity index (χ1v) is 7.20. The maximum Gasteiger partial charge on any atom is 0.338 e. The van der Waals surface area contributed by atoms with Crippen LogP contribution in [0.5, 0.6) is 0 Å². The highest BCUT2D eigenvalue weighted by molar-refractivity contribution is 6.39. The molecule has 0 aliphatic heterocycles. The Morgan fingerprint density at radius 3 is 2.36 bits per heavy atom. The third-order valence-corrected chi connectivity index (χ3v) is 3.45. The number of aryl methyl sites for hydroxylation is 1. The van der Waals surface area contributed by atoms with Gasteiger partial charge >= 0.3 is 5.97 Å². The summed E-state index contributed by atoms with van der Waals surface area (Å²) in [5, 5.41) is 3.14. The molecule has 2 aromatic carbocycles. The smallest absolute Gasteiger partial charge is 0.338 e. The Balaban J connectivity index is 1.94. The molecule has 0 saturated heterocycles. The third-order valence-electron chi connectivity index (χ3n) is 2.82. The van der Waals surface area contributed by atoms with E-state index in [4.69, 9.17) is 27.9 Å². The molecule has 0 bridgehead atoms. The van der Waals surface area contributed by atoms with Crippen molar-refractivity contribution < 1.29 is 14.3 Å². The Labute approximate surface area is 138 Å². The number of rotatable bonds is 4. The lowest BCUT2D eigenvalue weighted by Crippen LogP contribution is -2.21. The minimum Gasteiger partial charge on any atom is -0.452 e. The minimum absolute atomic E-state index is 0.294. The largest absolute Gasteiger partial charge is 0.452 e. The van der Waals surface area contributed by atoms with Gasteiger partial charge in [0.15, 0.2) is 6.61 Å². The van der Waals surface area contributed by atoms with Crippen LogP contribution < -0.4 is 5.32 Å². The number of benzene rings is 2. The van der Waals surface area contributed by atoms with Crippen molar-refractivity contribution in [1.82, 2.24) is 0 Å². The van der Waals surface area contributed by atoms with Gasteiger partial charge in [0.2, 0.25) is 0 Å². The van der Waals surface area contributed by atoms with E-state index in [9.17, 15) is 9.59 Å². The zero-order chi connectivity index (χ0) is 16.1. The van der Waals surface area contributed by atoms with Crippen LogP contribution >= 0.6 is 23.2 Å². The van der Waals surface area contributed by atoms with Crippen LogP contribution in [0.15, 0.2) is 42.5 Å². The Morgan fingerprint density at radius 2 is 1.73 bits per heavy atom. The van der Waals surface area contributed by atoms with Gasteiger partial charge in [0.1, 0.15) is 0 Å². The lowest BCUT2D eigenvalue weighted by Gasteiger charge is -2.09. The van der Waals surface area contributed by atoms with Gasteiger partial charge in [-0.15, -0.1) is 0 Å². The van der Waals surface area contributed by atoms with E-state index >= 15 is 0 Å². The van der Waals surface area contributed by atoms with Crippen molar-refractivity contribution in [3.05, 3.63) is 63.6 Å². The number of nitrogens with one attached hydrogen (secondary N) is 1. The number of ether oxygens (including phenoxy) is 1. The molecule has 0 heterocycles. The second kappa shape index (κ2) is 7.29. The highest BCUT2D eigenvalue weighted by atomic mass is 35.5. The fourth-order valence-electron chi connectivity index (χ4n) is 1.78. The van der Waals surface area contributed by atoms with Gasteiger partial charge in [-0.25, -0.2) is 4.79 Å². The van der Waals surface area contributed by atoms with Crippen LogP contribution in [0.25, 0.3) is 0 Å². The molecule has 114 valence electrons. The van der Waals surface area contributed by atoms with Crippen LogP contribution in [-0.4, -0.2) is 18.5 Å². The first-order valence-electron chi connectivity index (χ1n) is 6.45. The Hall–Kier alpha value is -2.04. The fourth-order valence-corrected chi connectivity index (χ4v) is 2.27. The van der Waals surface area contributed by atoms with Crippen molar-refractivity contribution in [3.8, 4) is 0 Å². The van der Waals surface area contributed by atoms with E-state index in [0.29, 0.717) is 21.3 Å². The van der Waals surface area contributed by atoms with Crippen molar-refractivity contribution >= 4 is 40.8 Å². The molecule has 22 heavy (non-hydrogen) atoms. The Bertz CT molecular complexity index is 696. The highest BCUT2D eigenvalue weighted by Crippen LogP contribution is 2.29. The number of amides is 1. The molecular weight excluding hydrogens is 325 g/mol. The number of hydrogen-bond donors (Lipinski definition) is 1. The quantitative estimate of drug-likeness (QED) is 0.854. The number of halogens is 2. The molecule has 0 atom stereocenters. The molecule has 2 rings (SSSR count). The van der Waals surface area contributed by atoms with E-state index in [0.717, 1.165) is 5.56 Å². The minimum atomic E-state index is -0.566. The zero-order valence-corrected chi connectivity index (χ0v) is 13.2. The summed E-state index contributed by atoms with van der Waals surface area (Å²) in [6.45, 7) is 1.44. The summed E-state index contributed by atoms with van der Waals surface area (Å²) in [6, 6.07) is 11.8. The van der Waals surface area contributed by atoms with E-state index in [2.05, 4.69) is 5.32 Å². The Kier molecular flexibility index (Phi) is 5.41. The highest BCUT2D eigenvalue weighted by Gasteiger charge is 2.13. The molecule has 1 amide bonds. The van der Waals surface area contributed by atoms with Gasteiger partial charge in [0.05, 0.1) is 21.3 Å². The molecule has 2 aromatic rings. The van der Waals surface area contributed by atoms with Gasteiger partial charge < -0.3 is 10.1 Å². The first kappa shape index (κ1) is 16.3. The van der Waals surface area contributed by atoms with Gasteiger partial charge in [0, 0.05) is 0 Å². The second-order valence-electron chi connectivity index (χ2n) is 4.59. The zero-order valence-electron chi connectivity index (χ0n) is 11.7. The second-order valence-corrected chi connectivity index (χ2v) is 5.40. The summed E-state index contributed by atoms with van der Waals surface area (Å²) >= 11 is 11.9. The molecule has 0 saturated carbocycles. The first-order chi connectivity index (χ1) is 10.5. The van der Waals surface area contributed by atoms with Crippen molar-refractivity contribution in [3.63, 3.8) is 0 Å². The number of carbonyl (C=O) groups excluding carboxylic acids is 2. The maximum absolute atomic E-state index is 11.8. The van der Waals surface area contributed by atoms with E-state index in [1.807, 2.05) is 13.0 Å². The molecule has 1 N–H and O–H groups in total. The topological polar surface area (TPSA) is 55.4 Å². The van der Waals surface area contributed by atoms with Crippen molar-refractivity contribution in [2.24, 2.45) is 0 Å². The molecule has 0 aromatic heterocycles. The van der Waals surface area contributed by atoms with E-state index < -0.39 is 18.5 Å². The number of esters is 1. The summed E-state index contributed by atoms with van der Waals surface area (Å²) in [5.74, 6) is -1.08. The molecule has 0 fully saturated rings. The summed E-state index contributed by atoms with van der Waals surface area (Å²) in [7, 11) is 0. The van der Waals surface area contributed by atoms with Crippen LogP contribution in [0.3, 0.4) is 0 Å². The number of anilines is 1. The van der Waals surface area contributed by atoms with E-state index in [-0.39, 0.29) is 0 Å². The van der Waals surface area contributed by atoms with Crippen LogP contribution in [0.1, 0.15) is 15.9 Å². The monoisotopic (exact) mass is 337 g/mol. The van der Waals surface area contributed by atoms with Crippen molar-refractivity contribution in [2.75, 3.05) is 11.9 Å². The molecule has 6 heteroatoms. The maximum atomic E-state index is 11.8. The molecule has 0 unspecified atom stereocenters. The SMILES string of the molecule is Cc1cccc(C(=O)OCC(=O)Nc2c(Cl)cccc2Cl)c1. The lowest BCUT2D eigenvalue weighted by atomic mass is 10.1. The van der Waals surface area contributed by atoms with Crippen LogP contribution in [0.4, 0.5) is 5.69 Å².